The molecule has 1 atom stereocenters. The minimum absolute atomic E-state index is 0.207. The van der Waals surface area contributed by atoms with Crippen molar-refractivity contribution in [1.82, 2.24) is 5.32 Å². The van der Waals surface area contributed by atoms with Crippen molar-refractivity contribution in [2.75, 3.05) is 27.3 Å². The molecule has 0 saturated heterocycles. The Morgan fingerprint density at radius 3 is 2.68 bits per heavy atom. The van der Waals surface area contributed by atoms with Crippen LogP contribution in [0.15, 0.2) is 40.0 Å². The maximum atomic E-state index is 10.4. The first-order valence-corrected chi connectivity index (χ1v) is 8.90. The van der Waals surface area contributed by atoms with Gasteiger partial charge in [-0.05, 0) is 53.4 Å². The van der Waals surface area contributed by atoms with Crippen molar-refractivity contribution in [3.05, 3.63) is 46.2 Å². The first kappa shape index (κ1) is 19.1. The summed E-state index contributed by atoms with van der Waals surface area (Å²) in [5, 5.41) is 17.3. The van der Waals surface area contributed by atoms with Crippen LogP contribution in [0.25, 0.3) is 0 Å². The first-order chi connectivity index (χ1) is 12.0. The van der Waals surface area contributed by atoms with E-state index in [1.54, 1.807) is 32.5 Å². The summed E-state index contributed by atoms with van der Waals surface area (Å²) < 4.78 is 10.5. The largest absolute Gasteiger partial charge is 0.493 e. The average molecular weight is 363 g/mol. The first-order valence-electron chi connectivity index (χ1n) is 7.96. The van der Waals surface area contributed by atoms with Crippen molar-refractivity contribution >= 4 is 17.3 Å². The lowest BCUT2D eigenvalue weighted by atomic mass is 10.00. The molecule has 0 fully saturated rings. The van der Waals surface area contributed by atoms with Crippen LogP contribution in [0, 0.1) is 0 Å². The number of nitrogens with two attached hydrogens (primary N) is 1. The van der Waals surface area contributed by atoms with Crippen LogP contribution >= 0.6 is 11.3 Å². The fourth-order valence-electron chi connectivity index (χ4n) is 2.33. The summed E-state index contributed by atoms with van der Waals surface area (Å²) in [6.45, 7) is 2.57. The number of aliphatic hydroxyl groups is 1. The van der Waals surface area contributed by atoms with E-state index in [-0.39, 0.29) is 6.54 Å². The van der Waals surface area contributed by atoms with E-state index in [9.17, 15) is 5.11 Å². The lowest BCUT2D eigenvalue weighted by molar-refractivity contribution is 0.0678. The predicted molar refractivity (Wildman–Crippen MR) is 102 cm³/mol. The number of rotatable bonds is 8. The van der Waals surface area contributed by atoms with Crippen molar-refractivity contribution in [2.24, 2.45) is 10.7 Å². The van der Waals surface area contributed by atoms with Crippen LogP contribution in [0.2, 0.25) is 0 Å². The maximum Gasteiger partial charge on any atom is 0.188 e. The lowest BCUT2D eigenvalue weighted by Gasteiger charge is -2.20. The molecule has 0 bridgehead atoms. The van der Waals surface area contributed by atoms with Gasteiger partial charge in [-0.2, -0.15) is 11.3 Å². The number of nitrogens with zero attached hydrogens (tertiary/aromatic N) is 1. The fourth-order valence-corrected chi connectivity index (χ4v) is 3.11. The van der Waals surface area contributed by atoms with E-state index < -0.39 is 5.60 Å². The molecule has 7 heteroatoms. The molecule has 6 nitrogen and oxygen atoms in total. The van der Waals surface area contributed by atoms with Gasteiger partial charge in [-0.25, -0.2) is 0 Å². The van der Waals surface area contributed by atoms with E-state index >= 15 is 0 Å². The van der Waals surface area contributed by atoms with Gasteiger partial charge < -0.3 is 25.6 Å². The molecule has 0 aliphatic rings. The number of thiophene rings is 1. The Labute approximate surface area is 152 Å². The number of ether oxygens (including phenoxy) is 2. The highest BCUT2D eigenvalue weighted by Crippen LogP contribution is 2.27. The molecule has 1 aromatic heterocycles. The van der Waals surface area contributed by atoms with Crippen molar-refractivity contribution in [3.63, 3.8) is 0 Å². The highest BCUT2D eigenvalue weighted by Gasteiger charge is 2.23. The van der Waals surface area contributed by atoms with Gasteiger partial charge in [-0.3, -0.25) is 4.99 Å². The molecular weight excluding hydrogens is 338 g/mol. The third-order valence-electron chi connectivity index (χ3n) is 3.87. The average Bonchev–Trinajstić information content (AvgIpc) is 3.15. The van der Waals surface area contributed by atoms with Crippen molar-refractivity contribution in [3.8, 4) is 11.5 Å². The third-order valence-corrected chi connectivity index (χ3v) is 4.55. The second kappa shape index (κ2) is 8.73. The van der Waals surface area contributed by atoms with Gasteiger partial charge in [-0.15, -0.1) is 0 Å². The van der Waals surface area contributed by atoms with Gasteiger partial charge in [0.25, 0.3) is 0 Å². The lowest BCUT2D eigenvalue weighted by Crippen LogP contribution is -2.35. The topological polar surface area (TPSA) is 89.1 Å². The van der Waals surface area contributed by atoms with E-state index in [2.05, 4.69) is 10.3 Å². The molecule has 0 aliphatic carbocycles. The minimum Gasteiger partial charge on any atom is -0.493 e. The summed E-state index contributed by atoms with van der Waals surface area (Å²) in [4.78, 5) is 4.24. The number of methoxy groups -OCH3 is 2. The highest BCUT2D eigenvalue weighted by atomic mass is 32.1. The van der Waals surface area contributed by atoms with Crippen LogP contribution in [0.5, 0.6) is 11.5 Å². The SMILES string of the molecule is COc1ccc(CCNC(N)=NCC(C)(O)c2ccsc2)cc1OC. The van der Waals surface area contributed by atoms with Crippen LogP contribution < -0.4 is 20.5 Å². The van der Waals surface area contributed by atoms with Gasteiger partial charge >= 0.3 is 0 Å². The van der Waals surface area contributed by atoms with Gasteiger partial charge in [-0.1, -0.05) is 6.07 Å². The van der Waals surface area contributed by atoms with Crippen LogP contribution in [0.4, 0.5) is 0 Å². The molecule has 1 unspecified atom stereocenters. The summed E-state index contributed by atoms with van der Waals surface area (Å²) in [7, 11) is 3.23. The Balaban J connectivity index is 1.85. The van der Waals surface area contributed by atoms with E-state index in [0.717, 1.165) is 17.5 Å². The molecule has 1 heterocycles. The number of nitrogens with one attached hydrogen (secondary N) is 1. The Hall–Kier alpha value is -2.25. The van der Waals surface area contributed by atoms with Crippen LogP contribution in [-0.4, -0.2) is 38.4 Å². The Morgan fingerprint density at radius 2 is 2.04 bits per heavy atom. The third kappa shape index (κ3) is 5.37. The highest BCUT2D eigenvalue weighted by molar-refractivity contribution is 7.08. The van der Waals surface area contributed by atoms with Crippen molar-refractivity contribution < 1.29 is 14.6 Å². The van der Waals surface area contributed by atoms with Gasteiger partial charge in [0.05, 0.1) is 20.8 Å². The molecule has 0 spiro atoms. The summed E-state index contributed by atoms with van der Waals surface area (Å²) >= 11 is 1.54. The predicted octanol–water partition coefficient (Wildman–Crippen LogP) is 2.12. The smallest absolute Gasteiger partial charge is 0.188 e. The molecule has 1 aromatic carbocycles. The molecule has 0 saturated carbocycles. The van der Waals surface area contributed by atoms with Crippen LogP contribution in [0.1, 0.15) is 18.1 Å². The van der Waals surface area contributed by atoms with Crippen LogP contribution in [0.3, 0.4) is 0 Å². The molecule has 25 heavy (non-hydrogen) atoms. The summed E-state index contributed by atoms with van der Waals surface area (Å²) in [6.07, 6.45) is 0.761. The fraction of sp³-hybridized carbons (Fsp3) is 0.389. The Kier molecular flexibility index (Phi) is 6.66. The zero-order valence-electron chi connectivity index (χ0n) is 14.8. The molecule has 136 valence electrons. The number of aliphatic imine (C=N–C) groups is 1. The van der Waals surface area contributed by atoms with Gasteiger partial charge in [0, 0.05) is 6.54 Å². The standard InChI is InChI=1S/C18H25N3O3S/c1-18(22,14-7-9-25-11-14)12-21-17(19)20-8-6-13-4-5-15(23-2)16(10-13)24-3/h4-5,7,9-11,22H,6,8,12H2,1-3H3,(H3,19,20,21). The van der Waals surface area contributed by atoms with Crippen LogP contribution in [-0.2, 0) is 12.0 Å². The monoisotopic (exact) mass is 363 g/mol. The summed E-state index contributed by atoms with van der Waals surface area (Å²) in [5.41, 5.74) is 6.81. The molecule has 2 rings (SSSR count). The zero-order valence-corrected chi connectivity index (χ0v) is 15.6. The number of hydrogen-bond acceptors (Lipinski definition) is 5. The normalized spacial score (nSPS) is 14.0. The second-order valence-electron chi connectivity index (χ2n) is 5.85. The van der Waals surface area contributed by atoms with Crippen molar-refractivity contribution in [2.45, 2.75) is 18.9 Å². The molecule has 4 N–H and O–H groups in total. The Morgan fingerprint density at radius 1 is 1.28 bits per heavy atom. The quantitative estimate of drug-likeness (QED) is 0.494. The molecule has 2 aromatic rings. The van der Waals surface area contributed by atoms with Gasteiger partial charge in [0.2, 0.25) is 0 Å². The minimum atomic E-state index is -1.02. The zero-order chi connectivity index (χ0) is 18.3. The number of benzene rings is 1. The van der Waals surface area contributed by atoms with E-state index in [0.29, 0.717) is 24.0 Å². The number of guanidine groups is 1. The van der Waals surface area contributed by atoms with E-state index in [1.807, 2.05) is 35.0 Å². The van der Waals surface area contributed by atoms with Gasteiger partial charge in [0.15, 0.2) is 17.5 Å². The van der Waals surface area contributed by atoms with Crippen molar-refractivity contribution in [1.29, 1.82) is 0 Å². The summed E-state index contributed by atoms with van der Waals surface area (Å²) in [5.74, 6) is 1.72. The van der Waals surface area contributed by atoms with E-state index in [4.69, 9.17) is 15.2 Å². The van der Waals surface area contributed by atoms with Gasteiger partial charge in [0.1, 0.15) is 5.60 Å². The molecule has 0 amide bonds. The maximum absolute atomic E-state index is 10.4. The Bertz CT molecular complexity index is 700. The molecule has 0 radical (unpaired) electrons. The number of hydrogen-bond donors (Lipinski definition) is 3. The van der Waals surface area contributed by atoms with E-state index in [1.165, 1.54) is 0 Å². The second-order valence-corrected chi connectivity index (χ2v) is 6.63. The summed E-state index contributed by atoms with van der Waals surface area (Å²) in [6, 6.07) is 7.69. The molecular formula is C18H25N3O3S. The molecule has 0 aliphatic heterocycles.